The molecule has 2 amide bonds. The lowest BCUT2D eigenvalue weighted by Gasteiger charge is -2.35. The molecule has 2 aliphatic rings. The Morgan fingerprint density at radius 2 is 1.82 bits per heavy atom. The molecule has 0 radical (unpaired) electrons. The Kier molecular flexibility index (Phi) is 9.34. The van der Waals surface area contributed by atoms with E-state index in [1.54, 1.807) is 17.0 Å². The third-order valence-corrected chi connectivity index (χ3v) is 8.76. The van der Waals surface area contributed by atoms with Crippen molar-refractivity contribution in [3.63, 3.8) is 0 Å². The number of fused-ring (bicyclic) bond motifs is 1. The number of carbonyl (C=O) groups excluding carboxylic acids is 2. The molecular formula is C33H36FN3O2S. The van der Waals surface area contributed by atoms with Gasteiger partial charge in [-0.05, 0) is 85.8 Å². The topological polar surface area (TPSA) is 52.7 Å². The second-order valence-electron chi connectivity index (χ2n) is 10.4. The number of carbonyl (C=O) groups is 2. The normalized spacial score (nSPS) is 18.6. The van der Waals surface area contributed by atoms with Gasteiger partial charge in [-0.25, -0.2) is 4.39 Å². The summed E-state index contributed by atoms with van der Waals surface area (Å²) in [6, 6.07) is 22.1. The van der Waals surface area contributed by atoms with Crippen LogP contribution in [-0.2, 0) is 11.3 Å². The van der Waals surface area contributed by atoms with E-state index >= 15 is 0 Å². The number of piperidine rings is 1. The van der Waals surface area contributed by atoms with Crippen molar-refractivity contribution in [3.8, 4) is 0 Å². The van der Waals surface area contributed by atoms with E-state index in [-0.39, 0.29) is 17.6 Å². The van der Waals surface area contributed by atoms with Gasteiger partial charge in [0.25, 0.3) is 11.8 Å². The van der Waals surface area contributed by atoms with Gasteiger partial charge in [-0.3, -0.25) is 9.59 Å². The zero-order valence-corrected chi connectivity index (χ0v) is 23.8. The Bertz CT molecular complexity index is 1360. The van der Waals surface area contributed by atoms with Gasteiger partial charge in [0, 0.05) is 29.6 Å². The molecule has 1 atom stereocenters. The minimum absolute atomic E-state index is 0.0765. The number of benzene rings is 3. The number of rotatable bonds is 9. The van der Waals surface area contributed by atoms with Gasteiger partial charge in [-0.2, -0.15) is 0 Å². The summed E-state index contributed by atoms with van der Waals surface area (Å²) in [5.41, 5.74) is 3.16. The molecule has 7 heteroatoms. The van der Waals surface area contributed by atoms with Crippen molar-refractivity contribution in [1.82, 2.24) is 10.2 Å². The number of hydrogen-bond donors (Lipinski definition) is 1. The lowest BCUT2D eigenvalue weighted by atomic mass is 10.00. The predicted octanol–water partition coefficient (Wildman–Crippen LogP) is 6.89. The molecule has 3 aromatic rings. The molecule has 0 aromatic heterocycles. The maximum absolute atomic E-state index is 13.5. The molecule has 5 rings (SSSR count). The number of halogens is 1. The van der Waals surface area contributed by atoms with Crippen LogP contribution in [0.15, 0.2) is 82.6 Å². The van der Waals surface area contributed by atoms with E-state index in [9.17, 15) is 14.0 Å². The average molecular weight is 558 g/mol. The van der Waals surface area contributed by atoms with Crippen LogP contribution < -0.4 is 10.2 Å². The van der Waals surface area contributed by atoms with E-state index < -0.39 is 0 Å². The van der Waals surface area contributed by atoms with Crippen molar-refractivity contribution < 1.29 is 14.0 Å². The summed E-state index contributed by atoms with van der Waals surface area (Å²) in [7, 11) is 0. The van der Waals surface area contributed by atoms with Gasteiger partial charge in [-0.15, -0.1) is 0 Å². The van der Waals surface area contributed by atoms with Crippen molar-refractivity contribution in [2.24, 2.45) is 0 Å². The minimum atomic E-state index is -0.301. The van der Waals surface area contributed by atoms with Crippen molar-refractivity contribution in [3.05, 3.63) is 100 Å². The third kappa shape index (κ3) is 6.83. The van der Waals surface area contributed by atoms with Crippen molar-refractivity contribution in [2.75, 3.05) is 24.5 Å². The van der Waals surface area contributed by atoms with Gasteiger partial charge >= 0.3 is 0 Å². The number of anilines is 1. The van der Waals surface area contributed by atoms with Gasteiger partial charge in [0.05, 0.1) is 17.1 Å². The number of hydrogen-bond acceptors (Lipinski definition) is 4. The monoisotopic (exact) mass is 557 g/mol. The highest BCUT2D eigenvalue weighted by Crippen LogP contribution is 2.42. The smallest absolute Gasteiger partial charge is 0.265 e. The first-order valence-corrected chi connectivity index (χ1v) is 15.0. The summed E-state index contributed by atoms with van der Waals surface area (Å²) in [6.07, 6.45) is 7.89. The zero-order chi connectivity index (χ0) is 27.9. The highest BCUT2D eigenvalue weighted by molar-refractivity contribution is 8.04. The number of nitrogens with one attached hydrogen (secondary N) is 1. The minimum Gasteiger partial charge on any atom is -0.352 e. The molecule has 0 saturated carbocycles. The molecule has 208 valence electrons. The predicted molar refractivity (Wildman–Crippen MR) is 161 cm³/mol. The lowest BCUT2D eigenvalue weighted by Crippen LogP contribution is -2.40. The van der Waals surface area contributed by atoms with Crippen LogP contribution in [-0.4, -0.2) is 42.4 Å². The van der Waals surface area contributed by atoms with Gasteiger partial charge in [0.15, 0.2) is 0 Å². The standard InChI is InChI=1S/C33H36FN3O2S/c1-2-28-8-5-6-20-36(28)21-7-19-35-32(38)26-15-11-24(12-16-26)22-31-33(39)37(23-25-13-17-27(34)18-14-25)29-9-3-4-10-30(29)40-31/h3-4,9-18,22,28H,2,5-8,19-21,23H2,1H3,(H,35,38). The van der Waals surface area contributed by atoms with Crippen LogP contribution >= 0.6 is 11.8 Å². The zero-order valence-electron chi connectivity index (χ0n) is 22.9. The van der Waals surface area contributed by atoms with Crippen molar-refractivity contribution in [1.29, 1.82) is 0 Å². The highest BCUT2D eigenvalue weighted by Gasteiger charge is 2.29. The maximum Gasteiger partial charge on any atom is 0.265 e. The van der Waals surface area contributed by atoms with Gasteiger partial charge < -0.3 is 15.1 Å². The van der Waals surface area contributed by atoms with Crippen LogP contribution in [0.1, 0.15) is 60.5 Å². The SMILES string of the molecule is CCC1CCCCN1CCCNC(=O)c1ccc(C=C2Sc3ccccc3N(Cc3ccc(F)cc3)C2=O)cc1. The number of nitrogens with zero attached hydrogens (tertiary/aromatic N) is 2. The van der Waals surface area contributed by atoms with Crippen molar-refractivity contribution >= 4 is 35.3 Å². The van der Waals surface area contributed by atoms with Gasteiger partial charge in [0.1, 0.15) is 5.82 Å². The Hall–Kier alpha value is -3.42. The molecule has 5 nitrogen and oxygen atoms in total. The summed E-state index contributed by atoms with van der Waals surface area (Å²) in [6.45, 7) is 5.46. The number of thioether (sulfide) groups is 1. The molecule has 2 aliphatic heterocycles. The molecule has 0 bridgehead atoms. The van der Waals surface area contributed by atoms with Crippen LogP contribution in [0.2, 0.25) is 0 Å². The Morgan fingerprint density at radius 1 is 1.05 bits per heavy atom. The van der Waals surface area contributed by atoms with E-state index in [2.05, 4.69) is 17.1 Å². The van der Waals surface area contributed by atoms with E-state index in [4.69, 9.17) is 0 Å². The summed E-state index contributed by atoms with van der Waals surface area (Å²) >= 11 is 1.44. The molecule has 1 unspecified atom stereocenters. The Balaban J connectivity index is 1.21. The van der Waals surface area contributed by atoms with Crippen LogP contribution in [0.5, 0.6) is 0 Å². The van der Waals surface area contributed by atoms with Gasteiger partial charge in [0.2, 0.25) is 0 Å². The average Bonchev–Trinajstić information content (AvgIpc) is 2.99. The number of para-hydroxylation sites is 1. The first-order chi connectivity index (χ1) is 19.5. The van der Waals surface area contributed by atoms with Crippen LogP contribution in [0.3, 0.4) is 0 Å². The quantitative estimate of drug-likeness (QED) is 0.230. The molecule has 40 heavy (non-hydrogen) atoms. The van der Waals surface area contributed by atoms with E-state index in [0.29, 0.717) is 29.6 Å². The second kappa shape index (κ2) is 13.3. The fraction of sp³-hybridized carbons (Fsp3) is 0.333. The molecule has 0 aliphatic carbocycles. The number of likely N-dealkylation sites (tertiary alicyclic amines) is 1. The Labute approximate surface area is 240 Å². The Morgan fingerprint density at radius 3 is 2.60 bits per heavy atom. The van der Waals surface area contributed by atoms with Crippen molar-refractivity contribution in [2.45, 2.75) is 56.5 Å². The fourth-order valence-electron chi connectivity index (χ4n) is 5.48. The molecule has 1 fully saturated rings. The summed E-state index contributed by atoms with van der Waals surface area (Å²) in [5, 5.41) is 3.05. The first-order valence-electron chi connectivity index (χ1n) is 14.2. The molecule has 0 spiro atoms. The maximum atomic E-state index is 13.5. The molecular weight excluding hydrogens is 521 g/mol. The number of amides is 2. The molecule has 1 N–H and O–H groups in total. The highest BCUT2D eigenvalue weighted by atomic mass is 32.2. The van der Waals surface area contributed by atoms with Crippen LogP contribution in [0.25, 0.3) is 6.08 Å². The first kappa shape index (κ1) is 28.1. The fourth-order valence-corrected chi connectivity index (χ4v) is 6.54. The largest absolute Gasteiger partial charge is 0.352 e. The molecule has 2 heterocycles. The van der Waals surface area contributed by atoms with E-state index in [0.717, 1.165) is 34.7 Å². The van der Waals surface area contributed by atoms with E-state index in [1.165, 1.54) is 56.1 Å². The third-order valence-electron chi connectivity index (χ3n) is 7.68. The van der Waals surface area contributed by atoms with E-state index in [1.807, 2.05) is 54.6 Å². The summed E-state index contributed by atoms with van der Waals surface area (Å²) in [4.78, 5) is 32.1. The molecule has 1 saturated heterocycles. The summed E-state index contributed by atoms with van der Waals surface area (Å²) in [5.74, 6) is -0.480. The lowest BCUT2D eigenvalue weighted by molar-refractivity contribution is -0.114. The van der Waals surface area contributed by atoms with Crippen LogP contribution in [0, 0.1) is 5.82 Å². The molecule has 3 aromatic carbocycles. The second-order valence-corrected chi connectivity index (χ2v) is 11.5. The van der Waals surface area contributed by atoms with Gasteiger partial charge in [-0.1, -0.05) is 61.5 Å². The summed E-state index contributed by atoms with van der Waals surface area (Å²) < 4.78 is 13.4. The van der Waals surface area contributed by atoms with Crippen LogP contribution in [0.4, 0.5) is 10.1 Å².